The molecule has 14 heavy (non-hydrogen) atoms. The van der Waals surface area contributed by atoms with Crippen LogP contribution in [0.4, 0.5) is 13.2 Å². The van der Waals surface area contributed by atoms with E-state index in [-0.39, 0.29) is 5.56 Å². The summed E-state index contributed by atoms with van der Waals surface area (Å²) in [5.41, 5.74) is 0.361. The fraction of sp³-hybridized carbons (Fsp3) is 0.333. The van der Waals surface area contributed by atoms with Crippen LogP contribution in [0.1, 0.15) is 17.2 Å². The molecule has 78 valence electrons. The maximum atomic E-state index is 12.2. The molecule has 0 aromatic heterocycles. The van der Waals surface area contributed by atoms with Crippen molar-refractivity contribution in [2.45, 2.75) is 19.2 Å². The Morgan fingerprint density at radius 1 is 1.36 bits per heavy atom. The molecule has 0 aliphatic heterocycles. The number of aliphatic hydroxyl groups is 1. The molecule has 0 heterocycles. The van der Waals surface area contributed by atoms with E-state index in [1.807, 2.05) is 22.6 Å². The number of alkyl halides is 3. The summed E-state index contributed by atoms with van der Waals surface area (Å²) in [6.07, 6.45) is -6.99. The lowest BCUT2D eigenvalue weighted by molar-refractivity contribution is -0.207. The van der Waals surface area contributed by atoms with Gasteiger partial charge in [0.2, 0.25) is 0 Å². The fourth-order valence-electron chi connectivity index (χ4n) is 1.08. The van der Waals surface area contributed by atoms with Crippen LogP contribution in [0.3, 0.4) is 0 Å². The first-order valence-corrected chi connectivity index (χ1v) is 4.91. The van der Waals surface area contributed by atoms with Gasteiger partial charge in [0, 0.05) is 3.57 Å². The van der Waals surface area contributed by atoms with Gasteiger partial charge < -0.3 is 5.11 Å². The van der Waals surface area contributed by atoms with Gasteiger partial charge >= 0.3 is 6.18 Å². The van der Waals surface area contributed by atoms with E-state index in [9.17, 15) is 13.2 Å². The fourth-order valence-corrected chi connectivity index (χ4v) is 1.60. The van der Waals surface area contributed by atoms with Gasteiger partial charge in [-0.05, 0) is 52.8 Å². The number of aliphatic hydroxyl groups excluding tert-OH is 1. The monoisotopic (exact) mass is 316 g/mol. The van der Waals surface area contributed by atoms with E-state index >= 15 is 0 Å². The van der Waals surface area contributed by atoms with Gasteiger partial charge in [0.1, 0.15) is 0 Å². The number of hydrogen-bond acceptors (Lipinski definition) is 1. The molecule has 0 aliphatic rings. The van der Waals surface area contributed by atoms with E-state index in [4.69, 9.17) is 5.11 Å². The molecule has 0 fully saturated rings. The molecule has 0 aliphatic carbocycles. The van der Waals surface area contributed by atoms with Gasteiger partial charge in [-0.1, -0.05) is 6.07 Å². The minimum Gasteiger partial charge on any atom is -0.379 e. The lowest BCUT2D eigenvalue weighted by atomic mass is 10.0. The molecule has 1 atom stereocenters. The Labute approximate surface area is 93.1 Å². The van der Waals surface area contributed by atoms with Crippen molar-refractivity contribution in [2.75, 3.05) is 0 Å². The summed E-state index contributed by atoms with van der Waals surface area (Å²) in [7, 11) is 0. The summed E-state index contributed by atoms with van der Waals surface area (Å²) in [6.45, 7) is 1.54. The molecule has 0 saturated carbocycles. The van der Waals surface area contributed by atoms with Crippen molar-refractivity contribution >= 4 is 22.6 Å². The third-order valence-corrected chi connectivity index (χ3v) is 2.52. The van der Waals surface area contributed by atoms with Crippen molar-refractivity contribution in [2.24, 2.45) is 0 Å². The smallest absolute Gasteiger partial charge is 0.379 e. The molecular formula is C9H8F3IO. The highest BCUT2D eigenvalue weighted by Gasteiger charge is 2.40. The summed E-state index contributed by atoms with van der Waals surface area (Å²) >= 11 is 1.91. The predicted molar refractivity (Wildman–Crippen MR) is 54.9 cm³/mol. The van der Waals surface area contributed by atoms with Crippen LogP contribution in [0, 0.1) is 10.5 Å². The second-order valence-electron chi connectivity index (χ2n) is 2.95. The van der Waals surface area contributed by atoms with Crippen LogP contribution in [0.5, 0.6) is 0 Å². The summed E-state index contributed by atoms with van der Waals surface area (Å²) in [6, 6.07) is 4.60. The number of benzene rings is 1. The van der Waals surface area contributed by atoms with Gasteiger partial charge in [-0.25, -0.2) is 0 Å². The van der Waals surface area contributed by atoms with E-state index in [0.29, 0.717) is 9.13 Å². The van der Waals surface area contributed by atoms with Crippen LogP contribution in [0.2, 0.25) is 0 Å². The topological polar surface area (TPSA) is 20.2 Å². The van der Waals surface area contributed by atoms with Gasteiger partial charge in [-0.15, -0.1) is 0 Å². The third-order valence-electron chi connectivity index (χ3n) is 1.85. The minimum absolute atomic E-state index is 0.0793. The van der Waals surface area contributed by atoms with Crippen molar-refractivity contribution in [3.8, 4) is 0 Å². The van der Waals surface area contributed by atoms with Gasteiger partial charge in [0.25, 0.3) is 0 Å². The number of hydrogen-bond donors (Lipinski definition) is 1. The highest BCUT2D eigenvalue weighted by molar-refractivity contribution is 14.1. The summed E-state index contributed by atoms with van der Waals surface area (Å²) < 4.78 is 37.3. The maximum absolute atomic E-state index is 12.2. The number of halogens is 4. The first-order chi connectivity index (χ1) is 6.32. The molecule has 1 unspecified atom stereocenters. The maximum Gasteiger partial charge on any atom is 0.418 e. The molecule has 1 N–H and O–H groups in total. The Morgan fingerprint density at radius 2 is 1.93 bits per heavy atom. The van der Waals surface area contributed by atoms with E-state index in [2.05, 4.69) is 0 Å². The van der Waals surface area contributed by atoms with Crippen molar-refractivity contribution in [3.63, 3.8) is 0 Å². The first kappa shape index (κ1) is 11.8. The standard InChI is InChI=1S/C9H8F3IO/c1-5-2-3-6(13)4-7(5)8(14)9(10,11)12/h2-4,8,14H,1H3. The SMILES string of the molecule is Cc1ccc(I)cc1C(O)C(F)(F)F. The highest BCUT2D eigenvalue weighted by atomic mass is 127. The quantitative estimate of drug-likeness (QED) is 0.789. The Morgan fingerprint density at radius 3 is 2.43 bits per heavy atom. The minimum atomic E-state index is -4.60. The number of rotatable bonds is 1. The van der Waals surface area contributed by atoms with Crippen LogP contribution in [-0.2, 0) is 0 Å². The molecule has 1 rings (SSSR count). The van der Waals surface area contributed by atoms with E-state index in [1.165, 1.54) is 6.07 Å². The largest absolute Gasteiger partial charge is 0.418 e. The molecule has 0 radical (unpaired) electrons. The van der Waals surface area contributed by atoms with Crippen LogP contribution < -0.4 is 0 Å². The Bertz CT molecular complexity index is 335. The molecule has 0 bridgehead atoms. The second-order valence-corrected chi connectivity index (χ2v) is 4.19. The summed E-state index contributed by atoms with van der Waals surface area (Å²) in [5, 5.41) is 9.03. The van der Waals surface area contributed by atoms with Crippen LogP contribution in [0.15, 0.2) is 18.2 Å². The van der Waals surface area contributed by atoms with Crippen molar-refractivity contribution in [1.82, 2.24) is 0 Å². The van der Waals surface area contributed by atoms with Crippen LogP contribution in [-0.4, -0.2) is 11.3 Å². The average Bonchev–Trinajstić information content (AvgIpc) is 2.06. The lowest BCUT2D eigenvalue weighted by Crippen LogP contribution is -2.21. The van der Waals surface area contributed by atoms with Crippen LogP contribution in [0.25, 0.3) is 0 Å². The Balaban J connectivity index is 3.12. The molecular weight excluding hydrogens is 308 g/mol. The third kappa shape index (κ3) is 2.60. The van der Waals surface area contributed by atoms with Crippen molar-refractivity contribution in [1.29, 1.82) is 0 Å². The molecule has 0 saturated heterocycles. The Hall–Kier alpha value is -0.300. The second kappa shape index (κ2) is 4.06. The molecule has 0 spiro atoms. The van der Waals surface area contributed by atoms with E-state index < -0.39 is 12.3 Å². The highest BCUT2D eigenvalue weighted by Crippen LogP contribution is 2.34. The molecule has 1 aromatic carbocycles. The number of aryl methyl sites for hydroxylation is 1. The van der Waals surface area contributed by atoms with Gasteiger partial charge in [0.15, 0.2) is 6.10 Å². The van der Waals surface area contributed by atoms with Gasteiger partial charge in [-0.3, -0.25) is 0 Å². The van der Waals surface area contributed by atoms with Crippen molar-refractivity contribution < 1.29 is 18.3 Å². The average molecular weight is 316 g/mol. The molecule has 0 amide bonds. The lowest BCUT2D eigenvalue weighted by Gasteiger charge is -2.17. The molecule has 1 aromatic rings. The van der Waals surface area contributed by atoms with E-state index in [1.54, 1.807) is 19.1 Å². The summed E-state index contributed by atoms with van der Waals surface area (Å²) in [5.74, 6) is 0. The normalized spacial score (nSPS) is 14.1. The van der Waals surface area contributed by atoms with Gasteiger partial charge in [-0.2, -0.15) is 13.2 Å². The zero-order chi connectivity index (χ0) is 10.9. The van der Waals surface area contributed by atoms with Crippen LogP contribution >= 0.6 is 22.6 Å². The first-order valence-electron chi connectivity index (χ1n) is 3.83. The zero-order valence-electron chi connectivity index (χ0n) is 7.27. The molecule has 1 nitrogen and oxygen atoms in total. The van der Waals surface area contributed by atoms with Crippen molar-refractivity contribution in [3.05, 3.63) is 32.9 Å². The molecule has 5 heteroatoms. The van der Waals surface area contributed by atoms with Gasteiger partial charge in [0.05, 0.1) is 0 Å². The summed E-state index contributed by atoms with van der Waals surface area (Å²) in [4.78, 5) is 0. The predicted octanol–water partition coefficient (Wildman–Crippen LogP) is 3.20. The van der Waals surface area contributed by atoms with E-state index in [0.717, 1.165) is 0 Å². The Kier molecular flexibility index (Phi) is 3.41. The zero-order valence-corrected chi connectivity index (χ0v) is 9.43.